The first-order chi connectivity index (χ1) is 11.5. The summed E-state index contributed by atoms with van der Waals surface area (Å²) in [6.45, 7) is 0. The Kier molecular flexibility index (Phi) is 4.02. The van der Waals surface area contributed by atoms with E-state index in [-0.39, 0.29) is 16.4 Å². The first-order valence-electron chi connectivity index (χ1n) is 7.20. The van der Waals surface area contributed by atoms with E-state index in [0.717, 1.165) is 4.31 Å². The summed E-state index contributed by atoms with van der Waals surface area (Å²) in [6.07, 6.45) is 0. The minimum Gasteiger partial charge on any atom is -0.494 e. The fourth-order valence-corrected chi connectivity index (χ4v) is 3.97. The summed E-state index contributed by atoms with van der Waals surface area (Å²) in [6, 6.07) is 15.3. The molecule has 24 heavy (non-hydrogen) atoms. The van der Waals surface area contributed by atoms with Crippen LogP contribution in [0.1, 0.15) is 5.56 Å². The van der Waals surface area contributed by atoms with E-state index in [1.165, 1.54) is 20.2 Å². The summed E-state index contributed by atoms with van der Waals surface area (Å²) >= 11 is 0. The first kappa shape index (κ1) is 16.1. The van der Waals surface area contributed by atoms with Gasteiger partial charge in [0.15, 0.2) is 11.5 Å². The largest absolute Gasteiger partial charge is 0.494 e. The van der Waals surface area contributed by atoms with Crippen LogP contribution in [0.15, 0.2) is 65.2 Å². The Balaban J connectivity index is 2.14. The summed E-state index contributed by atoms with van der Waals surface area (Å²) in [4.78, 5) is 12.8. The average molecular weight is 344 g/mol. The van der Waals surface area contributed by atoms with Crippen LogP contribution in [0.3, 0.4) is 0 Å². The Hall–Kier alpha value is -2.80. The third kappa shape index (κ3) is 2.52. The molecule has 1 amide bonds. The molecule has 0 atom stereocenters. The predicted molar refractivity (Wildman–Crippen MR) is 90.4 cm³/mol. The quantitative estimate of drug-likeness (QED) is 0.927. The molecule has 124 valence electrons. The van der Waals surface area contributed by atoms with Gasteiger partial charge in [0.05, 0.1) is 12.0 Å². The Bertz CT molecular complexity index is 921. The predicted octanol–water partition coefficient (Wildman–Crippen LogP) is 2.27. The lowest BCUT2D eigenvalue weighted by Gasteiger charge is -2.29. The molecule has 1 heterocycles. The average Bonchev–Trinajstić information content (AvgIpc) is 2.59. The lowest BCUT2D eigenvalue weighted by Crippen LogP contribution is -2.37. The van der Waals surface area contributed by atoms with Gasteiger partial charge in [-0.2, -0.15) is 0 Å². The molecule has 0 saturated carbocycles. The highest BCUT2D eigenvalue weighted by Gasteiger charge is 2.38. The zero-order valence-corrected chi connectivity index (χ0v) is 14.0. The lowest BCUT2D eigenvalue weighted by molar-refractivity contribution is -0.113. The second-order valence-electron chi connectivity index (χ2n) is 5.17. The number of sulfonamides is 1. The molecule has 2 aromatic rings. The number of carbonyl (C=O) groups excluding carboxylic acids is 1. The number of likely N-dealkylation sites (N-methyl/N-ethyl adjacent to an activating group) is 1. The molecule has 1 N–H and O–H groups in total. The highest BCUT2D eigenvalue weighted by Crippen LogP contribution is 2.36. The number of methoxy groups -OCH3 is 1. The smallest absolute Gasteiger partial charge is 0.276 e. The maximum absolute atomic E-state index is 12.7. The molecule has 2 aromatic carbocycles. The summed E-state index contributed by atoms with van der Waals surface area (Å²) in [5.41, 5.74) is 0.881. The number of anilines is 1. The van der Waals surface area contributed by atoms with Crippen molar-refractivity contribution in [2.75, 3.05) is 19.5 Å². The Morgan fingerprint density at radius 2 is 1.67 bits per heavy atom. The molecular weight excluding hydrogens is 328 g/mol. The molecule has 0 saturated heterocycles. The van der Waals surface area contributed by atoms with Crippen LogP contribution < -0.4 is 5.32 Å². The maximum atomic E-state index is 12.7. The van der Waals surface area contributed by atoms with Gasteiger partial charge in [0.2, 0.25) is 0 Å². The number of rotatable bonds is 3. The van der Waals surface area contributed by atoms with Crippen LogP contribution in [0.5, 0.6) is 0 Å². The molecule has 7 heteroatoms. The van der Waals surface area contributed by atoms with Crippen molar-refractivity contribution in [1.82, 2.24) is 4.31 Å². The summed E-state index contributed by atoms with van der Waals surface area (Å²) < 4.78 is 31.7. The zero-order valence-electron chi connectivity index (χ0n) is 13.2. The van der Waals surface area contributed by atoms with E-state index in [1.54, 1.807) is 42.5 Å². The lowest BCUT2D eigenvalue weighted by atomic mass is 10.1. The Morgan fingerprint density at radius 3 is 2.33 bits per heavy atom. The SMILES string of the molecule is COC1=C(C(=O)Nc2ccccc2)N(C)S(=O)(=O)c2ccccc21. The van der Waals surface area contributed by atoms with Gasteiger partial charge in [-0.3, -0.25) is 9.10 Å². The minimum atomic E-state index is -3.82. The van der Waals surface area contributed by atoms with Gasteiger partial charge in [-0.25, -0.2) is 8.42 Å². The van der Waals surface area contributed by atoms with Crippen molar-refractivity contribution < 1.29 is 17.9 Å². The number of hydrogen-bond acceptors (Lipinski definition) is 4. The number of amides is 1. The van der Waals surface area contributed by atoms with E-state index in [9.17, 15) is 13.2 Å². The number of benzene rings is 2. The van der Waals surface area contributed by atoms with E-state index in [4.69, 9.17) is 4.74 Å². The van der Waals surface area contributed by atoms with Crippen molar-refractivity contribution in [2.24, 2.45) is 0 Å². The maximum Gasteiger partial charge on any atom is 0.276 e. The van der Waals surface area contributed by atoms with Crippen LogP contribution in [0.2, 0.25) is 0 Å². The van der Waals surface area contributed by atoms with Crippen LogP contribution in [-0.4, -0.2) is 32.8 Å². The number of nitrogens with one attached hydrogen (secondary N) is 1. The van der Waals surface area contributed by atoms with Crippen LogP contribution >= 0.6 is 0 Å². The number of fused-ring (bicyclic) bond motifs is 1. The molecule has 1 aliphatic rings. The fraction of sp³-hybridized carbons (Fsp3) is 0.118. The highest BCUT2D eigenvalue weighted by atomic mass is 32.2. The van der Waals surface area contributed by atoms with E-state index < -0.39 is 15.9 Å². The summed E-state index contributed by atoms with van der Waals surface area (Å²) in [5, 5.41) is 2.69. The first-order valence-corrected chi connectivity index (χ1v) is 8.64. The molecule has 0 radical (unpaired) electrons. The number of ether oxygens (including phenoxy) is 1. The van der Waals surface area contributed by atoms with Crippen molar-refractivity contribution >= 4 is 27.4 Å². The van der Waals surface area contributed by atoms with Gasteiger partial charge in [-0.15, -0.1) is 0 Å². The van der Waals surface area contributed by atoms with E-state index in [2.05, 4.69) is 5.32 Å². The molecular formula is C17H16N2O4S. The summed E-state index contributed by atoms with van der Waals surface area (Å²) in [5.74, 6) is -0.338. The normalized spacial score (nSPS) is 15.7. The third-order valence-electron chi connectivity index (χ3n) is 3.75. The second-order valence-corrected chi connectivity index (χ2v) is 7.11. The topological polar surface area (TPSA) is 75.7 Å². The molecule has 0 bridgehead atoms. The molecule has 0 spiro atoms. The molecule has 3 rings (SSSR count). The van der Waals surface area contributed by atoms with Crippen molar-refractivity contribution in [3.8, 4) is 0 Å². The van der Waals surface area contributed by atoms with Crippen LogP contribution in [0.4, 0.5) is 5.69 Å². The number of hydrogen-bond donors (Lipinski definition) is 1. The number of carbonyl (C=O) groups is 1. The van der Waals surface area contributed by atoms with E-state index >= 15 is 0 Å². The van der Waals surface area contributed by atoms with Crippen molar-refractivity contribution in [3.05, 3.63) is 65.9 Å². The Morgan fingerprint density at radius 1 is 1.04 bits per heavy atom. The molecule has 0 unspecified atom stereocenters. The standard InChI is InChI=1S/C17H16N2O4S/c1-19-15(17(20)18-12-8-4-3-5-9-12)16(23-2)13-10-6-7-11-14(13)24(19,21)22/h3-11H,1-2H3,(H,18,20). The fourth-order valence-electron chi connectivity index (χ4n) is 2.58. The van der Waals surface area contributed by atoms with Crippen molar-refractivity contribution in [3.63, 3.8) is 0 Å². The minimum absolute atomic E-state index is 0.0555. The zero-order chi connectivity index (χ0) is 17.3. The van der Waals surface area contributed by atoms with Gasteiger partial charge in [-0.05, 0) is 24.3 Å². The van der Waals surface area contributed by atoms with Gasteiger partial charge >= 0.3 is 0 Å². The second kappa shape index (κ2) is 6.01. The molecule has 0 aromatic heterocycles. The number of nitrogens with zero attached hydrogens (tertiary/aromatic N) is 1. The van der Waals surface area contributed by atoms with Gasteiger partial charge in [0.1, 0.15) is 0 Å². The summed E-state index contributed by atoms with van der Waals surface area (Å²) in [7, 11) is -1.07. The molecule has 0 aliphatic carbocycles. The third-order valence-corrected chi connectivity index (χ3v) is 5.57. The van der Waals surface area contributed by atoms with Gasteiger partial charge in [0, 0.05) is 18.3 Å². The highest BCUT2D eigenvalue weighted by molar-refractivity contribution is 7.89. The van der Waals surface area contributed by atoms with Crippen LogP contribution in [0.25, 0.3) is 5.76 Å². The van der Waals surface area contributed by atoms with Crippen molar-refractivity contribution in [1.29, 1.82) is 0 Å². The van der Waals surface area contributed by atoms with E-state index in [1.807, 2.05) is 6.07 Å². The molecule has 6 nitrogen and oxygen atoms in total. The monoisotopic (exact) mass is 344 g/mol. The molecule has 0 fully saturated rings. The van der Waals surface area contributed by atoms with Gasteiger partial charge in [-0.1, -0.05) is 30.3 Å². The molecule has 1 aliphatic heterocycles. The van der Waals surface area contributed by atoms with Crippen LogP contribution in [0, 0.1) is 0 Å². The van der Waals surface area contributed by atoms with Crippen LogP contribution in [-0.2, 0) is 19.6 Å². The Labute approximate surface area is 140 Å². The van der Waals surface area contributed by atoms with Crippen molar-refractivity contribution in [2.45, 2.75) is 4.90 Å². The van der Waals surface area contributed by atoms with E-state index in [0.29, 0.717) is 11.3 Å². The van der Waals surface area contributed by atoms with Gasteiger partial charge < -0.3 is 10.1 Å². The number of para-hydroxylation sites is 1. The van der Waals surface area contributed by atoms with Gasteiger partial charge in [0.25, 0.3) is 15.9 Å².